The second kappa shape index (κ2) is 9.93. The van der Waals surface area contributed by atoms with Gasteiger partial charge in [0.1, 0.15) is 13.2 Å². The van der Waals surface area contributed by atoms with E-state index < -0.39 is 10.0 Å². The van der Waals surface area contributed by atoms with Crippen LogP contribution in [0.5, 0.6) is 11.5 Å². The number of amides is 1. The second-order valence-corrected chi connectivity index (χ2v) is 10.5. The number of ether oxygens (including phenoxy) is 2. The molecule has 31 heavy (non-hydrogen) atoms. The molecule has 1 amide bonds. The zero-order chi connectivity index (χ0) is 21.7. The minimum Gasteiger partial charge on any atom is -0.486 e. The molecule has 0 bridgehead atoms. The van der Waals surface area contributed by atoms with Crippen molar-refractivity contribution in [2.45, 2.75) is 22.6 Å². The first-order valence-corrected chi connectivity index (χ1v) is 12.8. The Hall–Kier alpha value is -2.23. The van der Waals surface area contributed by atoms with E-state index in [2.05, 4.69) is 12.1 Å². The molecule has 0 N–H and O–H groups in total. The SMILES string of the molecule is O=C(CCCSc1ccccc1)N1CCN(S(=O)(=O)c2ccc3c(c2)OCCO3)CC1. The van der Waals surface area contributed by atoms with Crippen LogP contribution in [-0.2, 0) is 14.8 Å². The van der Waals surface area contributed by atoms with E-state index in [0.29, 0.717) is 57.3 Å². The molecule has 9 heteroatoms. The number of benzene rings is 2. The van der Waals surface area contributed by atoms with Gasteiger partial charge in [-0.05, 0) is 36.4 Å². The van der Waals surface area contributed by atoms with Gasteiger partial charge in [0.25, 0.3) is 0 Å². The summed E-state index contributed by atoms with van der Waals surface area (Å²) in [5.41, 5.74) is 0. The first-order valence-electron chi connectivity index (χ1n) is 10.4. The number of carbonyl (C=O) groups excluding carboxylic acids is 1. The van der Waals surface area contributed by atoms with E-state index >= 15 is 0 Å². The molecule has 7 nitrogen and oxygen atoms in total. The van der Waals surface area contributed by atoms with Crippen LogP contribution >= 0.6 is 11.8 Å². The lowest BCUT2D eigenvalue weighted by molar-refractivity contribution is -0.132. The summed E-state index contributed by atoms with van der Waals surface area (Å²) in [7, 11) is -3.64. The number of carbonyl (C=O) groups is 1. The topological polar surface area (TPSA) is 76.2 Å². The summed E-state index contributed by atoms with van der Waals surface area (Å²) in [5.74, 6) is 1.99. The van der Waals surface area contributed by atoms with Gasteiger partial charge in [0.2, 0.25) is 15.9 Å². The molecule has 1 fully saturated rings. The Morgan fingerprint density at radius 2 is 1.65 bits per heavy atom. The molecule has 0 atom stereocenters. The third-order valence-corrected chi connectivity index (χ3v) is 8.28. The molecule has 2 heterocycles. The number of piperazine rings is 1. The summed E-state index contributed by atoms with van der Waals surface area (Å²) in [6.07, 6.45) is 1.28. The molecular weight excluding hydrogens is 436 g/mol. The fourth-order valence-corrected chi connectivity index (χ4v) is 5.91. The molecule has 0 radical (unpaired) electrons. The van der Waals surface area contributed by atoms with Crippen molar-refractivity contribution in [3.05, 3.63) is 48.5 Å². The van der Waals surface area contributed by atoms with E-state index in [1.165, 1.54) is 15.3 Å². The van der Waals surface area contributed by atoms with Gasteiger partial charge in [0.15, 0.2) is 11.5 Å². The Morgan fingerprint density at radius 3 is 2.39 bits per heavy atom. The van der Waals surface area contributed by atoms with E-state index in [1.807, 2.05) is 18.2 Å². The van der Waals surface area contributed by atoms with Crippen molar-refractivity contribution < 1.29 is 22.7 Å². The lowest BCUT2D eigenvalue weighted by atomic mass is 10.2. The summed E-state index contributed by atoms with van der Waals surface area (Å²) in [6.45, 7) is 2.27. The van der Waals surface area contributed by atoms with E-state index in [-0.39, 0.29) is 10.8 Å². The number of thioether (sulfide) groups is 1. The fraction of sp³-hybridized carbons (Fsp3) is 0.409. The third kappa shape index (κ3) is 5.34. The molecule has 2 aromatic carbocycles. The average molecular weight is 463 g/mol. The summed E-state index contributed by atoms with van der Waals surface area (Å²) >= 11 is 1.74. The van der Waals surface area contributed by atoms with Crippen LogP contribution in [0.1, 0.15) is 12.8 Å². The third-order valence-electron chi connectivity index (χ3n) is 5.29. The Labute approximate surface area is 187 Å². The molecule has 2 aliphatic rings. The summed E-state index contributed by atoms with van der Waals surface area (Å²) in [4.78, 5) is 15.7. The number of rotatable bonds is 7. The van der Waals surface area contributed by atoms with E-state index in [4.69, 9.17) is 9.47 Å². The fourth-order valence-electron chi connectivity index (χ4n) is 3.60. The van der Waals surface area contributed by atoms with Gasteiger partial charge >= 0.3 is 0 Å². The molecule has 4 rings (SSSR count). The van der Waals surface area contributed by atoms with Gasteiger partial charge in [-0.15, -0.1) is 11.8 Å². The van der Waals surface area contributed by atoms with Crippen molar-refractivity contribution in [2.24, 2.45) is 0 Å². The lowest BCUT2D eigenvalue weighted by Crippen LogP contribution is -2.50. The second-order valence-electron chi connectivity index (χ2n) is 7.36. The predicted octanol–water partition coefficient (Wildman–Crippen LogP) is 2.86. The largest absolute Gasteiger partial charge is 0.486 e. The molecule has 166 valence electrons. The van der Waals surface area contributed by atoms with Crippen molar-refractivity contribution in [3.8, 4) is 11.5 Å². The Morgan fingerprint density at radius 1 is 0.935 bits per heavy atom. The number of hydrogen-bond acceptors (Lipinski definition) is 6. The summed E-state index contributed by atoms with van der Waals surface area (Å²) in [5, 5.41) is 0. The number of nitrogens with zero attached hydrogens (tertiary/aromatic N) is 2. The van der Waals surface area contributed by atoms with Crippen LogP contribution in [0.4, 0.5) is 0 Å². The highest BCUT2D eigenvalue weighted by Gasteiger charge is 2.31. The molecular formula is C22H26N2O5S2. The molecule has 2 aromatic rings. The molecule has 1 saturated heterocycles. The van der Waals surface area contributed by atoms with Gasteiger partial charge in [-0.2, -0.15) is 4.31 Å². The van der Waals surface area contributed by atoms with Gasteiger partial charge in [0.05, 0.1) is 4.90 Å². The molecule has 0 aromatic heterocycles. The molecule has 0 spiro atoms. The van der Waals surface area contributed by atoms with Crippen molar-refractivity contribution in [1.82, 2.24) is 9.21 Å². The number of hydrogen-bond donors (Lipinski definition) is 0. The van der Waals surface area contributed by atoms with Crippen LogP contribution in [0.15, 0.2) is 58.3 Å². The highest BCUT2D eigenvalue weighted by Crippen LogP contribution is 2.33. The van der Waals surface area contributed by atoms with E-state index in [9.17, 15) is 13.2 Å². The highest BCUT2D eigenvalue weighted by atomic mass is 32.2. The van der Waals surface area contributed by atoms with Crippen LogP contribution < -0.4 is 9.47 Å². The minimum atomic E-state index is -3.64. The molecule has 0 saturated carbocycles. The first-order chi connectivity index (χ1) is 15.0. The molecule has 2 aliphatic heterocycles. The highest BCUT2D eigenvalue weighted by molar-refractivity contribution is 7.99. The summed E-state index contributed by atoms with van der Waals surface area (Å²) < 4.78 is 38.4. The van der Waals surface area contributed by atoms with Crippen molar-refractivity contribution >= 4 is 27.7 Å². The molecule has 0 unspecified atom stereocenters. The maximum Gasteiger partial charge on any atom is 0.243 e. The number of sulfonamides is 1. The maximum absolute atomic E-state index is 13.0. The van der Waals surface area contributed by atoms with Crippen LogP contribution in [-0.4, -0.2) is 68.7 Å². The van der Waals surface area contributed by atoms with Gasteiger partial charge in [-0.25, -0.2) is 8.42 Å². The maximum atomic E-state index is 13.0. The zero-order valence-electron chi connectivity index (χ0n) is 17.2. The first kappa shape index (κ1) is 22.0. The van der Waals surface area contributed by atoms with Crippen LogP contribution in [0.2, 0.25) is 0 Å². The Kier molecular flexibility index (Phi) is 7.04. The smallest absolute Gasteiger partial charge is 0.243 e. The normalized spacial score (nSPS) is 16.8. The minimum absolute atomic E-state index is 0.0880. The monoisotopic (exact) mass is 462 g/mol. The van der Waals surface area contributed by atoms with Gasteiger partial charge < -0.3 is 14.4 Å². The number of fused-ring (bicyclic) bond motifs is 1. The standard InChI is InChI=1S/C22H26N2O5S2/c25-22(7-4-16-30-18-5-2-1-3-6-18)23-10-12-24(13-11-23)31(26,27)19-8-9-20-21(17-19)29-15-14-28-20/h1-3,5-6,8-9,17H,4,7,10-16H2. The van der Waals surface area contributed by atoms with Crippen molar-refractivity contribution in [3.63, 3.8) is 0 Å². The zero-order valence-corrected chi connectivity index (χ0v) is 18.9. The Bertz CT molecular complexity index is 1010. The van der Waals surface area contributed by atoms with Crippen LogP contribution in [0.25, 0.3) is 0 Å². The van der Waals surface area contributed by atoms with Crippen molar-refractivity contribution in [2.75, 3.05) is 45.1 Å². The molecule has 0 aliphatic carbocycles. The van der Waals surface area contributed by atoms with Crippen LogP contribution in [0, 0.1) is 0 Å². The quantitative estimate of drug-likeness (QED) is 0.465. The summed E-state index contributed by atoms with van der Waals surface area (Å²) in [6, 6.07) is 14.8. The van der Waals surface area contributed by atoms with Gasteiger partial charge in [-0.1, -0.05) is 18.2 Å². The van der Waals surface area contributed by atoms with E-state index in [0.717, 1.165) is 12.2 Å². The van der Waals surface area contributed by atoms with Crippen molar-refractivity contribution in [1.29, 1.82) is 0 Å². The van der Waals surface area contributed by atoms with E-state index in [1.54, 1.807) is 28.8 Å². The van der Waals surface area contributed by atoms with Crippen LogP contribution in [0.3, 0.4) is 0 Å². The van der Waals surface area contributed by atoms with Gasteiger partial charge in [-0.3, -0.25) is 4.79 Å². The van der Waals surface area contributed by atoms with Gasteiger partial charge in [0, 0.05) is 43.6 Å². The lowest BCUT2D eigenvalue weighted by Gasteiger charge is -2.34. The predicted molar refractivity (Wildman–Crippen MR) is 119 cm³/mol. The Balaban J connectivity index is 1.26. The average Bonchev–Trinajstić information content (AvgIpc) is 2.82.